The molecular formula is C28H36N6O5. The second kappa shape index (κ2) is 11.2. The molecule has 39 heavy (non-hydrogen) atoms. The maximum Gasteiger partial charge on any atom is 0.257 e. The fraction of sp³-hybridized carbons (Fsp3) is 0.536. The summed E-state index contributed by atoms with van der Waals surface area (Å²) in [7, 11) is 1.52. The summed E-state index contributed by atoms with van der Waals surface area (Å²) >= 11 is 0. The lowest BCUT2D eigenvalue weighted by molar-refractivity contribution is -0.151. The molecule has 1 spiro atoms. The zero-order valence-electron chi connectivity index (χ0n) is 22.4. The van der Waals surface area contributed by atoms with Crippen LogP contribution in [0.1, 0.15) is 42.1 Å². The van der Waals surface area contributed by atoms with Crippen molar-refractivity contribution in [3.05, 3.63) is 53.9 Å². The Balaban J connectivity index is 1.29. The van der Waals surface area contributed by atoms with E-state index in [-0.39, 0.29) is 30.2 Å². The summed E-state index contributed by atoms with van der Waals surface area (Å²) < 4.78 is 5.97. The number of carbonyl (C=O) groups excluding carboxylic acids is 4. The summed E-state index contributed by atoms with van der Waals surface area (Å²) in [6.45, 7) is 3.42. The molecule has 2 saturated heterocycles. The highest BCUT2D eigenvalue weighted by Crippen LogP contribution is 2.45. The number of amides is 4. The van der Waals surface area contributed by atoms with Crippen molar-refractivity contribution >= 4 is 23.6 Å². The molecule has 0 radical (unpaired) electrons. The lowest BCUT2D eigenvalue weighted by atomic mass is 9.71. The van der Waals surface area contributed by atoms with Crippen LogP contribution < -0.4 is 10.6 Å². The van der Waals surface area contributed by atoms with Gasteiger partial charge in [0.15, 0.2) is 0 Å². The van der Waals surface area contributed by atoms with Gasteiger partial charge in [0.25, 0.3) is 5.91 Å². The fourth-order valence-electron chi connectivity index (χ4n) is 5.65. The van der Waals surface area contributed by atoms with Crippen LogP contribution in [0.3, 0.4) is 0 Å². The van der Waals surface area contributed by atoms with Crippen LogP contribution in [0.25, 0.3) is 0 Å². The summed E-state index contributed by atoms with van der Waals surface area (Å²) in [5.41, 5.74) is 0.808. The van der Waals surface area contributed by atoms with E-state index >= 15 is 0 Å². The first-order valence-corrected chi connectivity index (χ1v) is 13.5. The van der Waals surface area contributed by atoms with Crippen molar-refractivity contribution in [1.82, 2.24) is 30.6 Å². The molecule has 3 atom stereocenters. The quantitative estimate of drug-likeness (QED) is 0.414. The number of benzene rings is 1. The van der Waals surface area contributed by atoms with E-state index < -0.39 is 23.5 Å². The first-order chi connectivity index (χ1) is 18.8. The molecule has 0 unspecified atom stereocenters. The zero-order valence-corrected chi connectivity index (χ0v) is 22.4. The van der Waals surface area contributed by atoms with E-state index in [1.807, 2.05) is 30.3 Å². The highest BCUT2D eigenvalue weighted by atomic mass is 16.5. The number of ether oxygens (including phenoxy) is 1. The van der Waals surface area contributed by atoms with Crippen molar-refractivity contribution in [3.8, 4) is 0 Å². The van der Waals surface area contributed by atoms with Crippen molar-refractivity contribution in [2.45, 2.75) is 44.9 Å². The second-order valence-electron chi connectivity index (χ2n) is 11.1. The third-order valence-corrected chi connectivity index (χ3v) is 8.17. The van der Waals surface area contributed by atoms with Crippen molar-refractivity contribution in [2.75, 3.05) is 33.2 Å². The Morgan fingerprint density at radius 2 is 1.85 bits per heavy atom. The highest BCUT2D eigenvalue weighted by molar-refractivity contribution is 5.95. The SMILES string of the molecule is CNC(=O)[C@@H](NC(=O)[C@H]1CN(C(=O)c2cn[nH]c2)CC12CN(C(=O)CC1CC1)C2)[C@@H](C)OCc1ccccc1. The van der Waals surface area contributed by atoms with E-state index in [0.29, 0.717) is 44.1 Å². The summed E-state index contributed by atoms with van der Waals surface area (Å²) in [6.07, 6.45) is 5.11. The molecule has 4 amide bonds. The van der Waals surface area contributed by atoms with Gasteiger partial charge in [0.05, 0.1) is 30.4 Å². The Kier molecular flexibility index (Phi) is 7.69. The summed E-state index contributed by atoms with van der Waals surface area (Å²) in [4.78, 5) is 55.9. The lowest BCUT2D eigenvalue weighted by Gasteiger charge is -2.50. The molecule has 3 fully saturated rings. The lowest BCUT2D eigenvalue weighted by Crippen LogP contribution is -2.65. The van der Waals surface area contributed by atoms with E-state index in [0.717, 1.165) is 18.4 Å². The Bertz CT molecular complexity index is 1190. The molecule has 11 nitrogen and oxygen atoms in total. The summed E-state index contributed by atoms with van der Waals surface area (Å²) in [5.74, 6) is -0.905. The number of carbonyl (C=O) groups is 4. The third kappa shape index (κ3) is 5.83. The standard InChI is InChI=1S/C28H36N6O5/c1-18(39-14-20-6-4-3-5-7-20)24(26(37)29-2)32-25(36)22-13-33(27(38)21-11-30-31-12-21)15-28(22)16-34(17-28)23(35)10-19-8-9-19/h3-7,11-12,18-19,22,24H,8-10,13-17H2,1-2H3,(H,29,37)(H,30,31)(H,32,36)/t18-,22-,24+/m1/s1. The van der Waals surface area contributed by atoms with Crippen molar-refractivity contribution < 1.29 is 23.9 Å². The van der Waals surface area contributed by atoms with Gasteiger partial charge in [-0.2, -0.15) is 5.10 Å². The molecule has 208 valence electrons. The number of nitrogens with one attached hydrogen (secondary N) is 3. The maximum atomic E-state index is 13.8. The maximum absolute atomic E-state index is 13.8. The number of aromatic nitrogens is 2. The molecule has 1 aliphatic carbocycles. The van der Waals surface area contributed by atoms with Gasteiger partial charge in [-0.1, -0.05) is 30.3 Å². The van der Waals surface area contributed by atoms with E-state index in [9.17, 15) is 19.2 Å². The molecule has 2 aliphatic heterocycles. The molecule has 0 bridgehead atoms. The van der Waals surface area contributed by atoms with E-state index in [4.69, 9.17) is 4.74 Å². The van der Waals surface area contributed by atoms with Crippen LogP contribution in [0.5, 0.6) is 0 Å². The first-order valence-electron chi connectivity index (χ1n) is 13.5. The van der Waals surface area contributed by atoms with E-state index in [1.165, 1.54) is 19.4 Å². The van der Waals surface area contributed by atoms with Crippen LogP contribution in [-0.2, 0) is 25.7 Å². The van der Waals surface area contributed by atoms with Gasteiger partial charge in [0, 0.05) is 51.3 Å². The zero-order chi connectivity index (χ0) is 27.6. The van der Waals surface area contributed by atoms with Gasteiger partial charge in [-0.25, -0.2) is 0 Å². The van der Waals surface area contributed by atoms with Crippen LogP contribution in [0.15, 0.2) is 42.7 Å². The molecule has 1 saturated carbocycles. The normalized spacial score (nSPS) is 21.2. The molecule has 11 heteroatoms. The van der Waals surface area contributed by atoms with Gasteiger partial charge < -0.3 is 25.2 Å². The Morgan fingerprint density at radius 3 is 2.49 bits per heavy atom. The number of H-pyrrole nitrogens is 1. The van der Waals surface area contributed by atoms with Gasteiger partial charge in [0.1, 0.15) is 6.04 Å². The predicted octanol–water partition coefficient (Wildman–Crippen LogP) is 0.947. The van der Waals surface area contributed by atoms with Crippen LogP contribution in [0.4, 0.5) is 0 Å². The van der Waals surface area contributed by atoms with Crippen molar-refractivity contribution in [2.24, 2.45) is 17.3 Å². The number of aromatic amines is 1. The monoisotopic (exact) mass is 536 g/mol. The average molecular weight is 537 g/mol. The molecule has 5 rings (SSSR count). The minimum absolute atomic E-state index is 0.105. The number of hydrogen-bond acceptors (Lipinski definition) is 6. The predicted molar refractivity (Wildman–Crippen MR) is 141 cm³/mol. The number of nitrogens with zero attached hydrogens (tertiary/aromatic N) is 3. The summed E-state index contributed by atoms with van der Waals surface area (Å²) in [5, 5.41) is 12.1. The van der Waals surface area contributed by atoms with Gasteiger partial charge in [-0.3, -0.25) is 24.3 Å². The first kappa shape index (κ1) is 26.9. The van der Waals surface area contributed by atoms with E-state index in [1.54, 1.807) is 16.7 Å². The Morgan fingerprint density at radius 1 is 1.13 bits per heavy atom. The van der Waals surface area contributed by atoms with Crippen LogP contribution >= 0.6 is 0 Å². The molecule has 2 aromatic rings. The average Bonchev–Trinajstić information content (AvgIpc) is 3.40. The van der Waals surface area contributed by atoms with Crippen LogP contribution in [0.2, 0.25) is 0 Å². The minimum atomic E-state index is -0.922. The van der Waals surface area contributed by atoms with Gasteiger partial charge >= 0.3 is 0 Å². The van der Waals surface area contributed by atoms with Gasteiger partial charge in [-0.15, -0.1) is 0 Å². The third-order valence-electron chi connectivity index (χ3n) is 8.17. The molecule has 3 aliphatic rings. The highest BCUT2D eigenvalue weighted by Gasteiger charge is 2.59. The molecular weight excluding hydrogens is 500 g/mol. The van der Waals surface area contributed by atoms with E-state index in [2.05, 4.69) is 20.8 Å². The van der Waals surface area contributed by atoms with Gasteiger partial charge in [-0.05, 0) is 31.2 Å². The fourth-order valence-corrected chi connectivity index (χ4v) is 5.65. The second-order valence-corrected chi connectivity index (χ2v) is 11.1. The van der Waals surface area contributed by atoms with Crippen molar-refractivity contribution in [1.29, 1.82) is 0 Å². The largest absolute Gasteiger partial charge is 0.371 e. The summed E-state index contributed by atoms with van der Waals surface area (Å²) in [6, 6.07) is 8.68. The van der Waals surface area contributed by atoms with Crippen LogP contribution in [0, 0.1) is 17.3 Å². The number of likely N-dealkylation sites (N-methyl/N-ethyl adjacent to an activating group) is 1. The number of rotatable bonds is 10. The topological polar surface area (TPSA) is 137 Å². The smallest absolute Gasteiger partial charge is 0.257 e. The molecule has 1 aromatic heterocycles. The van der Waals surface area contributed by atoms with Crippen molar-refractivity contribution in [3.63, 3.8) is 0 Å². The number of hydrogen-bond donors (Lipinski definition) is 3. The minimum Gasteiger partial charge on any atom is -0.371 e. The van der Waals surface area contributed by atoms with Crippen LogP contribution in [-0.4, -0.2) is 89.0 Å². The molecule has 1 aromatic carbocycles. The Hall–Kier alpha value is -3.73. The van der Waals surface area contributed by atoms with Gasteiger partial charge in [0.2, 0.25) is 17.7 Å². The molecule has 3 heterocycles. The molecule has 3 N–H and O–H groups in total. The number of likely N-dealkylation sites (tertiary alicyclic amines) is 2. The Labute approximate surface area is 227 Å².